The lowest BCUT2D eigenvalue weighted by Crippen LogP contribution is -2.40. The number of rotatable bonds is 6. The molecule has 0 atom stereocenters. The molecule has 0 saturated heterocycles. The first kappa shape index (κ1) is 19.6. The van der Waals surface area contributed by atoms with E-state index in [-0.39, 0.29) is 29.4 Å². The highest BCUT2D eigenvalue weighted by Gasteiger charge is 2.43. The summed E-state index contributed by atoms with van der Waals surface area (Å²) in [5, 5.41) is 6.85. The molecule has 1 fully saturated rings. The maximum Gasteiger partial charge on any atom is 0.191 e. The van der Waals surface area contributed by atoms with Crippen LogP contribution in [0.15, 0.2) is 59.6 Å². The Morgan fingerprint density at radius 1 is 1.04 bits per heavy atom. The molecular weight excluding hydrogens is 425 g/mol. The van der Waals surface area contributed by atoms with Crippen LogP contribution in [0.1, 0.15) is 24.0 Å². The topological polar surface area (TPSA) is 45.7 Å². The molecule has 0 spiro atoms. The summed E-state index contributed by atoms with van der Waals surface area (Å²) >= 11 is 0. The van der Waals surface area contributed by atoms with Crippen LogP contribution in [0.3, 0.4) is 0 Å². The quantitative estimate of drug-likeness (QED) is 0.400. The fourth-order valence-corrected chi connectivity index (χ4v) is 2.91. The molecule has 0 radical (unpaired) electrons. The predicted octanol–water partition coefficient (Wildman–Crippen LogP) is 3.71. The maximum atomic E-state index is 5.18. The zero-order valence-corrected chi connectivity index (χ0v) is 17.1. The highest BCUT2D eigenvalue weighted by atomic mass is 127. The lowest BCUT2D eigenvalue weighted by atomic mass is 9.96. The second-order valence-corrected chi connectivity index (χ2v) is 6.27. The lowest BCUT2D eigenvalue weighted by molar-refractivity contribution is 0.414. The molecule has 134 valence electrons. The van der Waals surface area contributed by atoms with Gasteiger partial charge in [-0.25, -0.2) is 0 Å². The second-order valence-electron chi connectivity index (χ2n) is 6.27. The van der Waals surface area contributed by atoms with E-state index in [0.29, 0.717) is 0 Å². The van der Waals surface area contributed by atoms with Crippen molar-refractivity contribution >= 4 is 29.9 Å². The maximum absolute atomic E-state index is 5.18. The van der Waals surface area contributed by atoms with Crippen molar-refractivity contribution in [3.63, 3.8) is 0 Å². The molecule has 0 unspecified atom stereocenters. The number of hydrogen-bond acceptors (Lipinski definition) is 2. The Balaban J connectivity index is 0.00000225. The van der Waals surface area contributed by atoms with E-state index in [1.165, 1.54) is 24.0 Å². The lowest BCUT2D eigenvalue weighted by Gasteiger charge is -2.19. The highest BCUT2D eigenvalue weighted by Crippen LogP contribution is 2.47. The van der Waals surface area contributed by atoms with Crippen molar-refractivity contribution in [1.82, 2.24) is 10.6 Å². The zero-order chi connectivity index (χ0) is 16.8. The number of methoxy groups -OCH3 is 1. The zero-order valence-electron chi connectivity index (χ0n) is 14.8. The van der Waals surface area contributed by atoms with Crippen LogP contribution in [0.2, 0.25) is 0 Å². The first-order valence-corrected chi connectivity index (χ1v) is 8.39. The van der Waals surface area contributed by atoms with Crippen LogP contribution < -0.4 is 15.4 Å². The van der Waals surface area contributed by atoms with Gasteiger partial charge in [-0.05, 0) is 36.1 Å². The van der Waals surface area contributed by atoms with Crippen molar-refractivity contribution in [3.05, 3.63) is 65.7 Å². The summed E-state index contributed by atoms with van der Waals surface area (Å²) < 4.78 is 5.18. The molecule has 0 aliphatic heterocycles. The van der Waals surface area contributed by atoms with Crippen LogP contribution in [0, 0.1) is 0 Å². The summed E-state index contributed by atoms with van der Waals surface area (Å²) in [4.78, 5) is 4.33. The van der Waals surface area contributed by atoms with Gasteiger partial charge in [0.05, 0.1) is 7.11 Å². The minimum atomic E-state index is 0. The average molecular weight is 451 g/mol. The Kier molecular flexibility index (Phi) is 7.11. The van der Waals surface area contributed by atoms with Crippen molar-refractivity contribution < 1.29 is 4.74 Å². The van der Waals surface area contributed by atoms with Gasteiger partial charge in [-0.2, -0.15) is 0 Å². The molecule has 2 N–H and O–H groups in total. The van der Waals surface area contributed by atoms with Crippen LogP contribution in [-0.4, -0.2) is 26.7 Å². The van der Waals surface area contributed by atoms with Gasteiger partial charge in [-0.15, -0.1) is 24.0 Å². The van der Waals surface area contributed by atoms with Crippen molar-refractivity contribution in [1.29, 1.82) is 0 Å². The molecule has 25 heavy (non-hydrogen) atoms. The minimum Gasteiger partial charge on any atom is -0.497 e. The fraction of sp³-hybridized carbons (Fsp3) is 0.350. The van der Waals surface area contributed by atoms with E-state index in [1.807, 2.05) is 19.2 Å². The first-order valence-electron chi connectivity index (χ1n) is 8.39. The number of ether oxygens (including phenoxy) is 1. The molecule has 1 aliphatic carbocycles. The van der Waals surface area contributed by atoms with Gasteiger partial charge in [0.1, 0.15) is 5.75 Å². The third kappa shape index (κ3) is 5.11. The number of nitrogens with zero attached hydrogens (tertiary/aromatic N) is 1. The Morgan fingerprint density at radius 2 is 1.72 bits per heavy atom. The average Bonchev–Trinajstić information content (AvgIpc) is 3.44. The monoisotopic (exact) mass is 451 g/mol. The number of benzene rings is 2. The summed E-state index contributed by atoms with van der Waals surface area (Å²) in [6.45, 7) is 1.65. The summed E-state index contributed by atoms with van der Waals surface area (Å²) in [5.74, 6) is 1.72. The van der Waals surface area contributed by atoms with E-state index in [0.717, 1.165) is 24.8 Å². The van der Waals surface area contributed by atoms with Gasteiger partial charge in [-0.1, -0.05) is 42.5 Å². The van der Waals surface area contributed by atoms with E-state index in [2.05, 4.69) is 58.1 Å². The number of hydrogen-bond donors (Lipinski definition) is 2. The number of aliphatic imine (C=N–C) groups is 1. The van der Waals surface area contributed by atoms with Gasteiger partial charge in [0.15, 0.2) is 5.96 Å². The van der Waals surface area contributed by atoms with Crippen molar-refractivity contribution in [2.45, 2.75) is 24.8 Å². The Hall–Kier alpha value is -1.76. The van der Waals surface area contributed by atoms with E-state index < -0.39 is 0 Å². The largest absolute Gasteiger partial charge is 0.497 e. The van der Waals surface area contributed by atoms with Crippen molar-refractivity contribution in [2.24, 2.45) is 4.99 Å². The smallest absolute Gasteiger partial charge is 0.191 e. The second kappa shape index (κ2) is 9.08. The number of guanidine groups is 1. The van der Waals surface area contributed by atoms with Crippen LogP contribution in [0.5, 0.6) is 5.75 Å². The minimum absolute atomic E-state index is 0. The van der Waals surface area contributed by atoms with Gasteiger partial charge in [0, 0.05) is 25.6 Å². The normalized spacial score (nSPS) is 15.0. The third-order valence-electron chi connectivity index (χ3n) is 4.68. The molecular formula is C20H26IN3O. The molecule has 2 aromatic rings. The Morgan fingerprint density at radius 3 is 2.28 bits per heavy atom. The molecule has 1 aliphatic rings. The summed E-state index contributed by atoms with van der Waals surface area (Å²) in [7, 11) is 3.49. The van der Waals surface area contributed by atoms with Gasteiger partial charge in [-0.3, -0.25) is 4.99 Å². The summed E-state index contributed by atoms with van der Waals surface area (Å²) in [6.07, 6.45) is 2.47. The molecule has 4 nitrogen and oxygen atoms in total. The molecule has 2 aromatic carbocycles. The molecule has 0 bridgehead atoms. The molecule has 0 amide bonds. The van der Waals surface area contributed by atoms with Crippen molar-refractivity contribution in [2.75, 3.05) is 20.7 Å². The van der Waals surface area contributed by atoms with Gasteiger partial charge in [0.2, 0.25) is 0 Å². The summed E-state index contributed by atoms with van der Waals surface area (Å²) in [6, 6.07) is 18.8. The molecule has 1 saturated carbocycles. The molecule has 3 rings (SSSR count). The third-order valence-corrected chi connectivity index (χ3v) is 4.68. The van der Waals surface area contributed by atoms with Crippen LogP contribution in [0.4, 0.5) is 0 Å². The van der Waals surface area contributed by atoms with Crippen LogP contribution in [-0.2, 0) is 12.0 Å². The summed E-state index contributed by atoms with van der Waals surface area (Å²) in [5.41, 5.74) is 2.89. The number of nitrogens with one attached hydrogen (secondary N) is 2. The predicted molar refractivity (Wildman–Crippen MR) is 114 cm³/mol. The Bertz CT molecular complexity index is 682. The number of halogens is 1. The van der Waals surface area contributed by atoms with Gasteiger partial charge < -0.3 is 15.4 Å². The van der Waals surface area contributed by atoms with Gasteiger partial charge in [0.25, 0.3) is 0 Å². The van der Waals surface area contributed by atoms with E-state index in [9.17, 15) is 0 Å². The fourth-order valence-electron chi connectivity index (χ4n) is 2.91. The Labute approximate surface area is 167 Å². The standard InChI is InChI=1S/C20H25N3O.HI/c1-21-19(22-14-16-8-10-18(24-2)11-9-16)23-15-20(12-13-20)17-6-4-3-5-7-17;/h3-11H,12-15H2,1-2H3,(H2,21,22,23);1H. The first-order chi connectivity index (χ1) is 11.8. The van der Waals surface area contributed by atoms with Crippen LogP contribution >= 0.6 is 24.0 Å². The van der Waals surface area contributed by atoms with Crippen LogP contribution in [0.25, 0.3) is 0 Å². The van der Waals surface area contributed by atoms with E-state index in [4.69, 9.17) is 4.74 Å². The highest BCUT2D eigenvalue weighted by molar-refractivity contribution is 14.0. The van der Waals surface area contributed by atoms with Crippen molar-refractivity contribution in [3.8, 4) is 5.75 Å². The SMILES string of the molecule is CN=C(NCc1ccc(OC)cc1)NCC1(c2ccccc2)CC1.I. The van der Waals surface area contributed by atoms with E-state index >= 15 is 0 Å². The molecule has 0 heterocycles. The molecule has 5 heteroatoms. The molecule has 0 aromatic heterocycles. The van der Waals surface area contributed by atoms with Gasteiger partial charge >= 0.3 is 0 Å². The van der Waals surface area contributed by atoms with E-state index in [1.54, 1.807) is 7.11 Å².